The maximum atomic E-state index is 12.3. The first-order chi connectivity index (χ1) is 9.99. The number of amides is 1. The van der Waals surface area contributed by atoms with E-state index in [-0.39, 0.29) is 22.2 Å². The van der Waals surface area contributed by atoms with E-state index in [1.165, 1.54) is 23.1 Å². The third kappa shape index (κ3) is 3.80. The molecule has 0 aliphatic rings. The lowest BCUT2D eigenvalue weighted by atomic mass is 10.1. The second kappa shape index (κ2) is 6.69. The van der Waals surface area contributed by atoms with Gasteiger partial charge in [-0.2, -0.15) is 0 Å². The summed E-state index contributed by atoms with van der Waals surface area (Å²) in [5, 5.41) is 12.9. The molecule has 110 valence electrons. The second-order valence-corrected chi connectivity index (χ2v) is 5.92. The van der Waals surface area contributed by atoms with Crippen LogP contribution in [0.25, 0.3) is 0 Å². The number of benzene rings is 1. The molecule has 21 heavy (non-hydrogen) atoms. The molecule has 0 aliphatic heterocycles. The fourth-order valence-electron chi connectivity index (χ4n) is 1.84. The minimum atomic E-state index is -0.592. The van der Waals surface area contributed by atoms with E-state index in [1.54, 1.807) is 23.3 Å². The van der Waals surface area contributed by atoms with Gasteiger partial charge in [-0.25, -0.2) is 0 Å². The van der Waals surface area contributed by atoms with Gasteiger partial charge in [0.25, 0.3) is 11.6 Å². The van der Waals surface area contributed by atoms with E-state index in [0.29, 0.717) is 6.54 Å². The molecule has 5 nitrogen and oxygen atoms in total. The molecule has 0 spiro atoms. The fourth-order valence-corrected chi connectivity index (χ4v) is 2.73. The van der Waals surface area contributed by atoms with Crippen LogP contribution in [0.5, 0.6) is 0 Å². The molecule has 0 saturated heterocycles. The van der Waals surface area contributed by atoms with E-state index in [2.05, 4.69) is 0 Å². The number of likely N-dealkylation sites (N-methyl/N-ethyl adjacent to an activating group) is 1. The highest BCUT2D eigenvalue weighted by atomic mass is 35.5. The largest absolute Gasteiger partial charge is 0.341 e. The van der Waals surface area contributed by atoms with Crippen LogP contribution in [0, 0.1) is 10.1 Å². The Hall–Kier alpha value is -1.92. The average molecular weight is 325 g/mol. The zero-order valence-corrected chi connectivity index (χ0v) is 12.9. The lowest BCUT2D eigenvalue weighted by Crippen LogP contribution is -2.28. The van der Waals surface area contributed by atoms with Gasteiger partial charge in [0.05, 0.1) is 4.92 Å². The summed E-state index contributed by atoms with van der Waals surface area (Å²) in [6, 6.07) is 8.06. The van der Waals surface area contributed by atoms with Crippen LogP contribution in [0.2, 0.25) is 5.02 Å². The Bertz CT molecular complexity index is 658. The minimum absolute atomic E-state index is 0.0257. The molecule has 2 rings (SSSR count). The van der Waals surface area contributed by atoms with Crippen molar-refractivity contribution in [1.29, 1.82) is 0 Å². The Labute approximate surface area is 130 Å². The molecule has 0 saturated carbocycles. The van der Waals surface area contributed by atoms with Gasteiger partial charge in [-0.15, -0.1) is 11.3 Å². The van der Waals surface area contributed by atoms with Crippen molar-refractivity contribution in [2.45, 2.75) is 6.42 Å². The van der Waals surface area contributed by atoms with Crippen LogP contribution in [-0.4, -0.2) is 29.3 Å². The molecule has 0 atom stereocenters. The Morgan fingerprint density at radius 3 is 2.81 bits per heavy atom. The second-order valence-electron chi connectivity index (χ2n) is 4.48. The van der Waals surface area contributed by atoms with Gasteiger partial charge in [0, 0.05) is 30.1 Å². The van der Waals surface area contributed by atoms with Crippen molar-refractivity contribution in [2.75, 3.05) is 13.6 Å². The van der Waals surface area contributed by atoms with Crippen LogP contribution in [0.1, 0.15) is 15.2 Å². The van der Waals surface area contributed by atoms with Crippen molar-refractivity contribution in [3.05, 3.63) is 61.3 Å². The molecular weight excluding hydrogens is 312 g/mol. The molecule has 0 N–H and O–H groups in total. The molecule has 1 aromatic heterocycles. The van der Waals surface area contributed by atoms with Crippen molar-refractivity contribution in [2.24, 2.45) is 0 Å². The van der Waals surface area contributed by atoms with Crippen LogP contribution in [-0.2, 0) is 6.42 Å². The van der Waals surface area contributed by atoms with Crippen molar-refractivity contribution in [1.82, 2.24) is 4.90 Å². The molecule has 0 bridgehead atoms. The lowest BCUT2D eigenvalue weighted by Gasteiger charge is -2.16. The summed E-state index contributed by atoms with van der Waals surface area (Å²) in [5.74, 6) is -0.258. The molecular formula is C14H13ClN2O3S. The van der Waals surface area contributed by atoms with Crippen molar-refractivity contribution < 1.29 is 9.72 Å². The Balaban J connectivity index is 2.08. The molecule has 0 unspecified atom stereocenters. The standard InChI is InChI=1S/C14H13ClN2O3S/c1-16(7-6-11-3-2-8-21-11)14(18)10-4-5-12(15)13(9-10)17(19)20/h2-5,8-9H,6-7H2,1H3. The maximum Gasteiger partial charge on any atom is 0.288 e. The minimum Gasteiger partial charge on any atom is -0.341 e. The predicted molar refractivity (Wildman–Crippen MR) is 83.1 cm³/mol. The first-order valence-corrected chi connectivity index (χ1v) is 7.46. The molecule has 1 aromatic carbocycles. The van der Waals surface area contributed by atoms with Crippen LogP contribution in [0.4, 0.5) is 5.69 Å². The van der Waals surface area contributed by atoms with Crippen molar-refractivity contribution >= 4 is 34.5 Å². The summed E-state index contributed by atoms with van der Waals surface area (Å²) in [6.45, 7) is 0.551. The molecule has 0 fully saturated rings. The molecule has 1 heterocycles. The van der Waals surface area contributed by atoms with Crippen molar-refractivity contribution in [3.63, 3.8) is 0 Å². The van der Waals surface area contributed by atoms with Crippen LogP contribution < -0.4 is 0 Å². The number of nitro benzene ring substituents is 1. The monoisotopic (exact) mass is 324 g/mol. The zero-order valence-electron chi connectivity index (χ0n) is 11.3. The summed E-state index contributed by atoms with van der Waals surface area (Å²) in [7, 11) is 1.68. The van der Waals surface area contributed by atoms with Gasteiger partial charge in [-0.05, 0) is 30.0 Å². The van der Waals surface area contributed by atoms with E-state index in [9.17, 15) is 14.9 Å². The van der Waals surface area contributed by atoms with E-state index in [4.69, 9.17) is 11.6 Å². The van der Waals surface area contributed by atoms with Crippen LogP contribution in [0.15, 0.2) is 35.7 Å². The highest BCUT2D eigenvalue weighted by Gasteiger charge is 2.18. The number of carbonyl (C=O) groups excluding carboxylic acids is 1. The molecule has 1 amide bonds. The zero-order chi connectivity index (χ0) is 15.4. The summed E-state index contributed by atoms with van der Waals surface area (Å²) in [4.78, 5) is 25.2. The van der Waals surface area contributed by atoms with Crippen LogP contribution >= 0.6 is 22.9 Å². The fraction of sp³-hybridized carbons (Fsp3) is 0.214. The quantitative estimate of drug-likeness (QED) is 0.623. The molecule has 0 radical (unpaired) electrons. The summed E-state index contributed by atoms with van der Waals surface area (Å²) in [6.07, 6.45) is 0.760. The van der Waals surface area contributed by atoms with Crippen molar-refractivity contribution in [3.8, 4) is 0 Å². The summed E-state index contributed by atoms with van der Waals surface area (Å²) in [5.41, 5.74) is 0.00829. The van der Waals surface area contributed by atoms with Gasteiger partial charge in [-0.1, -0.05) is 17.7 Å². The Morgan fingerprint density at radius 1 is 1.43 bits per heavy atom. The highest BCUT2D eigenvalue weighted by Crippen LogP contribution is 2.25. The summed E-state index contributed by atoms with van der Waals surface area (Å²) >= 11 is 7.38. The number of hydrogen-bond donors (Lipinski definition) is 0. The maximum absolute atomic E-state index is 12.3. The number of carbonyl (C=O) groups is 1. The first kappa shape index (κ1) is 15.5. The van der Waals surface area contributed by atoms with Gasteiger partial charge in [0.15, 0.2) is 0 Å². The van der Waals surface area contributed by atoms with Gasteiger partial charge >= 0.3 is 0 Å². The Morgan fingerprint density at radius 2 is 2.19 bits per heavy atom. The molecule has 7 heteroatoms. The molecule has 2 aromatic rings. The van der Waals surface area contributed by atoms with Crippen LogP contribution in [0.3, 0.4) is 0 Å². The van der Waals surface area contributed by atoms with Gasteiger partial charge in [-0.3, -0.25) is 14.9 Å². The van der Waals surface area contributed by atoms with Gasteiger partial charge < -0.3 is 4.90 Å². The third-order valence-electron chi connectivity index (χ3n) is 3.01. The Kier molecular flexibility index (Phi) is 4.93. The van der Waals surface area contributed by atoms with E-state index in [1.807, 2.05) is 17.5 Å². The highest BCUT2D eigenvalue weighted by molar-refractivity contribution is 7.09. The van der Waals surface area contributed by atoms with E-state index in [0.717, 1.165) is 6.42 Å². The number of halogens is 1. The number of nitro groups is 1. The smallest absolute Gasteiger partial charge is 0.288 e. The number of hydrogen-bond acceptors (Lipinski definition) is 4. The average Bonchev–Trinajstić information content (AvgIpc) is 2.97. The van der Waals surface area contributed by atoms with Gasteiger partial charge in [0.1, 0.15) is 5.02 Å². The van der Waals surface area contributed by atoms with E-state index >= 15 is 0 Å². The molecule has 0 aliphatic carbocycles. The predicted octanol–water partition coefficient (Wildman–Crippen LogP) is 3.62. The van der Waals surface area contributed by atoms with Gasteiger partial charge in [0.2, 0.25) is 0 Å². The normalized spacial score (nSPS) is 10.4. The number of rotatable bonds is 5. The topological polar surface area (TPSA) is 63.5 Å². The summed E-state index contributed by atoms with van der Waals surface area (Å²) < 4.78 is 0. The van der Waals surface area contributed by atoms with E-state index < -0.39 is 4.92 Å². The third-order valence-corrected chi connectivity index (χ3v) is 4.27. The number of thiophene rings is 1. The lowest BCUT2D eigenvalue weighted by molar-refractivity contribution is -0.384. The SMILES string of the molecule is CN(CCc1cccs1)C(=O)c1ccc(Cl)c([N+](=O)[O-])c1. The first-order valence-electron chi connectivity index (χ1n) is 6.21. The number of nitrogens with zero attached hydrogens (tertiary/aromatic N) is 2.